The molecule has 7 heteroatoms. The lowest BCUT2D eigenvalue weighted by atomic mass is 9.97. The molecule has 26 heavy (non-hydrogen) atoms. The van der Waals surface area contributed by atoms with E-state index < -0.39 is 0 Å². The summed E-state index contributed by atoms with van der Waals surface area (Å²) in [5.74, 6) is -0.400. The minimum Gasteiger partial charge on any atom is -0.466 e. The van der Waals surface area contributed by atoms with Gasteiger partial charge in [-0.3, -0.25) is 9.59 Å². The third-order valence-corrected chi connectivity index (χ3v) is 4.76. The van der Waals surface area contributed by atoms with Gasteiger partial charge in [0.1, 0.15) is 0 Å². The predicted octanol–water partition coefficient (Wildman–Crippen LogP) is 2.05. The Morgan fingerprint density at radius 1 is 1.19 bits per heavy atom. The van der Waals surface area contributed by atoms with Gasteiger partial charge in [0, 0.05) is 13.1 Å². The summed E-state index contributed by atoms with van der Waals surface area (Å²) in [5, 5.41) is 8.24. The van der Waals surface area contributed by atoms with Gasteiger partial charge in [-0.05, 0) is 32.3 Å². The van der Waals surface area contributed by atoms with Crippen molar-refractivity contribution in [3.63, 3.8) is 0 Å². The number of ether oxygens (including phenoxy) is 1. The summed E-state index contributed by atoms with van der Waals surface area (Å²) in [4.78, 5) is 26.4. The lowest BCUT2D eigenvalue weighted by Crippen LogP contribution is -2.41. The summed E-state index contributed by atoms with van der Waals surface area (Å²) in [6.45, 7) is 5.71. The second-order valence-electron chi connectivity index (χ2n) is 6.49. The molecule has 1 aromatic carbocycles. The van der Waals surface area contributed by atoms with E-state index in [4.69, 9.17) is 4.74 Å². The first kappa shape index (κ1) is 18.1. The van der Waals surface area contributed by atoms with Crippen molar-refractivity contribution in [3.8, 4) is 0 Å². The maximum absolute atomic E-state index is 12.8. The van der Waals surface area contributed by atoms with Crippen molar-refractivity contribution in [1.82, 2.24) is 19.9 Å². The molecule has 7 nitrogen and oxygen atoms in total. The number of likely N-dealkylation sites (tertiary alicyclic amines) is 1. The molecule has 2 aromatic rings. The summed E-state index contributed by atoms with van der Waals surface area (Å²) in [6, 6.07) is 9.95. The fourth-order valence-corrected chi connectivity index (χ4v) is 3.19. The number of amides is 1. The van der Waals surface area contributed by atoms with E-state index in [0.717, 1.165) is 11.3 Å². The van der Waals surface area contributed by atoms with E-state index in [1.54, 1.807) is 16.5 Å². The second kappa shape index (κ2) is 8.12. The molecular formula is C19H24N4O3. The molecule has 0 aliphatic carbocycles. The second-order valence-corrected chi connectivity index (χ2v) is 6.49. The number of piperidine rings is 1. The minimum absolute atomic E-state index is 0.117. The van der Waals surface area contributed by atoms with Crippen LogP contribution in [0.2, 0.25) is 0 Å². The smallest absolute Gasteiger partial charge is 0.309 e. The van der Waals surface area contributed by atoms with Crippen LogP contribution in [0, 0.1) is 12.8 Å². The molecule has 1 aliphatic heterocycles. The fourth-order valence-electron chi connectivity index (χ4n) is 3.19. The Morgan fingerprint density at radius 3 is 2.54 bits per heavy atom. The first-order valence-electron chi connectivity index (χ1n) is 9.00. The molecule has 1 amide bonds. The Labute approximate surface area is 152 Å². The number of carbonyl (C=O) groups is 2. The number of aromatic nitrogens is 3. The topological polar surface area (TPSA) is 77.3 Å². The largest absolute Gasteiger partial charge is 0.466 e. The Hall–Kier alpha value is -2.70. The monoisotopic (exact) mass is 356 g/mol. The van der Waals surface area contributed by atoms with Crippen LogP contribution in [-0.4, -0.2) is 51.5 Å². The molecule has 2 heterocycles. The van der Waals surface area contributed by atoms with Crippen molar-refractivity contribution in [2.24, 2.45) is 5.92 Å². The van der Waals surface area contributed by atoms with Crippen LogP contribution in [-0.2, 0) is 16.1 Å². The molecule has 1 aromatic heterocycles. The van der Waals surface area contributed by atoms with Gasteiger partial charge in [0.15, 0.2) is 5.69 Å². The summed E-state index contributed by atoms with van der Waals surface area (Å²) >= 11 is 0. The van der Waals surface area contributed by atoms with Crippen LogP contribution in [0.5, 0.6) is 0 Å². The zero-order valence-corrected chi connectivity index (χ0v) is 15.2. The summed E-state index contributed by atoms with van der Waals surface area (Å²) in [7, 11) is 0. The normalized spacial score (nSPS) is 15.1. The molecule has 3 rings (SSSR count). The highest BCUT2D eigenvalue weighted by molar-refractivity contribution is 5.93. The Bertz CT molecular complexity index is 764. The van der Waals surface area contributed by atoms with E-state index >= 15 is 0 Å². The lowest BCUT2D eigenvalue weighted by Gasteiger charge is -2.30. The average Bonchev–Trinajstić information content (AvgIpc) is 3.03. The molecule has 1 fully saturated rings. The van der Waals surface area contributed by atoms with E-state index in [2.05, 4.69) is 10.3 Å². The van der Waals surface area contributed by atoms with Gasteiger partial charge in [-0.15, -0.1) is 5.10 Å². The molecule has 0 spiro atoms. The number of hydrogen-bond acceptors (Lipinski definition) is 5. The van der Waals surface area contributed by atoms with Crippen molar-refractivity contribution < 1.29 is 14.3 Å². The molecule has 0 saturated carbocycles. The number of benzene rings is 1. The number of hydrogen-bond donors (Lipinski definition) is 0. The van der Waals surface area contributed by atoms with Crippen LogP contribution < -0.4 is 0 Å². The zero-order chi connectivity index (χ0) is 18.5. The van der Waals surface area contributed by atoms with Crippen molar-refractivity contribution >= 4 is 11.9 Å². The van der Waals surface area contributed by atoms with Crippen molar-refractivity contribution in [2.75, 3.05) is 19.7 Å². The van der Waals surface area contributed by atoms with E-state index in [1.165, 1.54) is 0 Å². The van der Waals surface area contributed by atoms with E-state index in [-0.39, 0.29) is 17.8 Å². The van der Waals surface area contributed by atoms with Crippen LogP contribution in [0.25, 0.3) is 0 Å². The Kier molecular flexibility index (Phi) is 5.65. The van der Waals surface area contributed by atoms with Crippen molar-refractivity contribution in [1.29, 1.82) is 0 Å². The Balaban J connectivity index is 1.63. The number of nitrogens with zero attached hydrogens (tertiary/aromatic N) is 4. The molecule has 138 valence electrons. The highest BCUT2D eigenvalue weighted by Crippen LogP contribution is 2.21. The zero-order valence-electron chi connectivity index (χ0n) is 15.2. The van der Waals surface area contributed by atoms with E-state index in [9.17, 15) is 9.59 Å². The molecule has 0 radical (unpaired) electrons. The van der Waals surface area contributed by atoms with Crippen LogP contribution >= 0.6 is 0 Å². The first-order valence-corrected chi connectivity index (χ1v) is 9.00. The molecule has 0 unspecified atom stereocenters. The van der Waals surface area contributed by atoms with Crippen molar-refractivity contribution in [2.45, 2.75) is 33.2 Å². The standard InChI is InChI=1S/C19H24N4O3/c1-3-26-19(25)16-9-11-22(12-10-16)18(24)17-14(2)23(21-20-17)13-15-7-5-4-6-8-15/h4-8,16H,3,9-13H2,1-2H3. The van der Waals surface area contributed by atoms with Crippen LogP contribution in [0.3, 0.4) is 0 Å². The van der Waals surface area contributed by atoms with Gasteiger partial charge in [0.2, 0.25) is 0 Å². The van der Waals surface area contributed by atoms with Gasteiger partial charge in [-0.25, -0.2) is 4.68 Å². The number of carbonyl (C=O) groups excluding carboxylic acids is 2. The van der Waals surface area contributed by atoms with Gasteiger partial charge in [0.05, 0.1) is 24.8 Å². The van der Waals surface area contributed by atoms with Gasteiger partial charge < -0.3 is 9.64 Å². The highest BCUT2D eigenvalue weighted by atomic mass is 16.5. The van der Waals surface area contributed by atoms with Crippen LogP contribution in [0.4, 0.5) is 0 Å². The first-order chi connectivity index (χ1) is 12.6. The third kappa shape index (κ3) is 3.92. The molecule has 1 aliphatic rings. The molecule has 0 atom stereocenters. The van der Waals surface area contributed by atoms with E-state index in [1.807, 2.05) is 37.3 Å². The lowest BCUT2D eigenvalue weighted by molar-refractivity contribution is -0.149. The molecule has 1 saturated heterocycles. The van der Waals surface area contributed by atoms with Gasteiger partial charge >= 0.3 is 5.97 Å². The molecule has 0 N–H and O–H groups in total. The summed E-state index contributed by atoms with van der Waals surface area (Å²) in [5.41, 5.74) is 2.25. The number of esters is 1. The fraction of sp³-hybridized carbons (Fsp3) is 0.474. The summed E-state index contributed by atoms with van der Waals surface area (Å²) in [6.07, 6.45) is 1.25. The quantitative estimate of drug-likeness (QED) is 0.766. The van der Waals surface area contributed by atoms with Gasteiger partial charge in [0.25, 0.3) is 5.91 Å². The van der Waals surface area contributed by atoms with Crippen LogP contribution in [0.1, 0.15) is 41.5 Å². The number of rotatable bonds is 5. The third-order valence-electron chi connectivity index (χ3n) is 4.76. The molecule has 0 bridgehead atoms. The Morgan fingerprint density at radius 2 is 1.88 bits per heavy atom. The minimum atomic E-state index is -0.162. The van der Waals surface area contributed by atoms with Gasteiger partial charge in [-0.2, -0.15) is 0 Å². The maximum Gasteiger partial charge on any atom is 0.309 e. The van der Waals surface area contributed by atoms with Crippen molar-refractivity contribution in [3.05, 3.63) is 47.3 Å². The summed E-state index contributed by atoms with van der Waals surface area (Å²) < 4.78 is 6.82. The predicted molar refractivity (Wildman–Crippen MR) is 95.6 cm³/mol. The van der Waals surface area contributed by atoms with Gasteiger partial charge in [-0.1, -0.05) is 35.5 Å². The van der Waals surface area contributed by atoms with E-state index in [0.29, 0.717) is 44.8 Å². The highest BCUT2D eigenvalue weighted by Gasteiger charge is 2.30. The SMILES string of the molecule is CCOC(=O)C1CCN(C(=O)c2nnn(Cc3ccccc3)c2C)CC1. The maximum atomic E-state index is 12.8. The average molecular weight is 356 g/mol. The van der Waals surface area contributed by atoms with Crippen LogP contribution in [0.15, 0.2) is 30.3 Å². The molecular weight excluding hydrogens is 332 g/mol.